The van der Waals surface area contributed by atoms with E-state index < -0.39 is 0 Å². The molecular formula is C16H27NO. The standard InChI is InChI=1S/C16H27NO/c1-4-10-17-15(11-13(2)3)9-8-14-6-5-7-16(18)12-14/h5-7,12-13,15,17-18H,4,8-11H2,1-3H3. The molecule has 0 radical (unpaired) electrons. The summed E-state index contributed by atoms with van der Waals surface area (Å²) in [5, 5.41) is 13.1. The summed E-state index contributed by atoms with van der Waals surface area (Å²) in [6.07, 6.45) is 4.57. The van der Waals surface area contributed by atoms with Crippen molar-refractivity contribution in [2.24, 2.45) is 5.92 Å². The first kappa shape index (κ1) is 15.0. The highest BCUT2D eigenvalue weighted by Crippen LogP contribution is 2.15. The van der Waals surface area contributed by atoms with Gasteiger partial charge in [-0.05, 0) is 55.8 Å². The third-order valence-corrected chi connectivity index (χ3v) is 3.13. The molecule has 0 spiro atoms. The van der Waals surface area contributed by atoms with Crippen LogP contribution in [0.2, 0.25) is 0 Å². The fourth-order valence-corrected chi connectivity index (χ4v) is 2.27. The molecule has 1 aromatic rings. The van der Waals surface area contributed by atoms with E-state index in [0.717, 1.165) is 25.3 Å². The lowest BCUT2D eigenvalue weighted by atomic mass is 9.97. The molecule has 1 atom stereocenters. The number of phenols is 1. The van der Waals surface area contributed by atoms with Crippen molar-refractivity contribution in [1.29, 1.82) is 0 Å². The van der Waals surface area contributed by atoms with Gasteiger partial charge in [-0.3, -0.25) is 0 Å². The summed E-state index contributed by atoms with van der Waals surface area (Å²) >= 11 is 0. The van der Waals surface area contributed by atoms with E-state index in [4.69, 9.17) is 0 Å². The Labute approximate surface area is 111 Å². The Morgan fingerprint density at radius 2 is 2.06 bits per heavy atom. The van der Waals surface area contributed by atoms with Gasteiger partial charge in [0.05, 0.1) is 0 Å². The van der Waals surface area contributed by atoms with Gasteiger partial charge in [0.1, 0.15) is 5.75 Å². The van der Waals surface area contributed by atoms with Crippen LogP contribution in [0.1, 0.15) is 45.6 Å². The van der Waals surface area contributed by atoms with Crippen LogP contribution >= 0.6 is 0 Å². The molecule has 0 saturated heterocycles. The van der Waals surface area contributed by atoms with Gasteiger partial charge in [-0.2, -0.15) is 0 Å². The fraction of sp³-hybridized carbons (Fsp3) is 0.625. The van der Waals surface area contributed by atoms with Crippen LogP contribution in [0, 0.1) is 5.92 Å². The SMILES string of the molecule is CCCNC(CCc1cccc(O)c1)CC(C)C. The summed E-state index contributed by atoms with van der Waals surface area (Å²) in [7, 11) is 0. The molecule has 1 unspecified atom stereocenters. The Bertz CT molecular complexity index is 336. The average Bonchev–Trinajstić information content (AvgIpc) is 2.32. The van der Waals surface area contributed by atoms with Crippen molar-refractivity contribution in [2.45, 2.75) is 52.5 Å². The zero-order chi connectivity index (χ0) is 13.4. The summed E-state index contributed by atoms with van der Waals surface area (Å²) in [6.45, 7) is 7.84. The molecule has 0 aliphatic heterocycles. The lowest BCUT2D eigenvalue weighted by molar-refractivity contribution is 0.398. The second-order valence-corrected chi connectivity index (χ2v) is 5.49. The zero-order valence-corrected chi connectivity index (χ0v) is 11.9. The van der Waals surface area contributed by atoms with Gasteiger partial charge >= 0.3 is 0 Å². The molecule has 0 fully saturated rings. The number of phenolic OH excluding ortho intramolecular Hbond substituents is 1. The highest BCUT2D eigenvalue weighted by molar-refractivity contribution is 5.27. The first-order valence-corrected chi connectivity index (χ1v) is 7.13. The molecular weight excluding hydrogens is 222 g/mol. The molecule has 2 nitrogen and oxygen atoms in total. The Balaban J connectivity index is 2.44. The first-order chi connectivity index (χ1) is 8.61. The topological polar surface area (TPSA) is 32.3 Å². The van der Waals surface area contributed by atoms with Gasteiger partial charge in [-0.1, -0.05) is 32.9 Å². The average molecular weight is 249 g/mol. The van der Waals surface area contributed by atoms with Crippen molar-refractivity contribution in [1.82, 2.24) is 5.32 Å². The third kappa shape index (κ3) is 6.06. The molecule has 18 heavy (non-hydrogen) atoms. The summed E-state index contributed by atoms with van der Waals surface area (Å²) in [5.41, 5.74) is 1.22. The molecule has 0 saturated carbocycles. The minimum Gasteiger partial charge on any atom is -0.508 e. The van der Waals surface area contributed by atoms with Crippen molar-refractivity contribution in [3.8, 4) is 5.75 Å². The van der Waals surface area contributed by atoms with Gasteiger partial charge in [0, 0.05) is 6.04 Å². The molecule has 2 heteroatoms. The highest BCUT2D eigenvalue weighted by atomic mass is 16.3. The van der Waals surface area contributed by atoms with Crippen molar-refractivity contribution in [3.63, 3.8) is 0 Å². The predicted octanol–water partition coefficient (Wildman–Crippen LogP) is 3.74. The number of aryl methyl sites for hydroxylation is 1. The van der Waals surface area contributed by atoms with Crippen LogP contribution in [0.25, 0.3) is 0 Å². The number of aromatic hydroxyl groups is 1. The number of rotatable bonds is 8. The molecule has 0 aromatic heterocycles. The van der Waals surface area contributed by atoms with E-state index in [-0.39, 0.29) is 0 Å². The van der Waals surface area contributed by atoms with E-state index in [1.807, 2.05) is 12.1 Å². The van der Waals surface area contributed by atoms with Crippen molar-refractivity contribution < 1.29 is 5.11 Å². The van der Waals surface area contributed by atoms with Crippen LogP contribution in [0.4, 0.5) is 0 Å². The van der Waals surface area contributed by atoms with Crippen LogP contribution < -0.4 is 5.32 Å². The van der Waals surface area contributed by atoms with Gasteiger partial charge in [0.2, 0.25) is 0 Å². The molecule has 1 rings (SSSR count). The number of hydrogen-bond donors (Lipinski definition) is 2. The van der Waals surface area contributed by atoms with Gasteiger partial charge in [0.15, 0.2) is 0 Å². The second kappa shape index (κ2) is 8.15. The van der Waals surface area contributed by atoms with Gasteiger partial charge in [-0.25, -0.2) is 0 Å². The van der Waals surface area contributed by atoms with Crippen LogP contribution in [0.5, 0.6) is 5.75 Å². The van der Waals surface area contributed by atoms with Crippen molar-refractivity contribution in [3.05, 3.63) is 29.8 Å². The maximum absolute atomic E-state index is 9.45. The van der Waals surface area contributed by atoms with Gasteiger partial charge < -0.3 is 10.4 Å². The fourth-order valence-electron chi connectivity index (χ4n) is 2.27. The Morgan fingerprint density at radius 1 is 1.28 bits per heavy atom. The van der Waals surface area contributed by atoms with Gasteiger partial charge in [-0.15, -0.1) is 0 Å². The lowest BCUT2D eigenvalue weighted by Crippen LogP contribution is -2.31. The molecule has 0 amide bonds. The summed E-state index contributed by atoms with van der Waals surface area (Å²) in [6, 6.07) is 8.19. The van der Waals surface area contributed by atoms with E-state index in [1.54, 1.807) is 6.07 Å². The number of benzene rings is 1. The molecule has 0 aliphatic carbocycles. The number of nitrogens with one attached hydrogen (secondary N) is 1. The largest absolute Gasteiger partial charge is 0.508 e. The first-order valence-electron chi connectivity index (χ1n) is 7.13. The van der Waals surface area contributed by atoms with Crippen molar-refractivity contribution in [2.75, 3.05) is 6.54 Å². The lowest BCUT2D eigenvalue weighted by Gasteiger charge is -2.20. The monoisotopic (exact) mass is 249 g/mol. The van der Waals surface area contributed by atoms with Crippen LogP contribution in [0.3, 0.4) is 0 Å². The molecule has 1 aromatic carbocycles. The quantitative estimate of drug-likeness (QED) is 0.735. The second-order valence-electron chi connectivity index (χ2n) is 5.49. The third-order valence-electron chi connectivity index (χ3n) is 3.13. The number of hydrogen-bond acceptors (Lipinski definition) is 2. The Hall–Kier alpha value is -1.02. The smallest absolute Gasteiger partial charge is 0.115 e. The highest BCUT2D eigenvalue weighted by Gasteiger charge is 2.10. The molecule has 102 valence electrons. The molecule has 0 bridgehead atoms. The maximum Gasteiger partial charge on any atom is 0.115 e. The minimum atomic E-state index is 0.370. The normalized spacial score (nSPS) is 12.9. The van der Waals surface area contributed by atoms with Crippen LogP contribution in [-0.2, 0) is 6.42 Å². The van der Waals surface area contributed by atoms with Gasteiger partial charge in [0.25, 0.3) is 0 Å². The zero-order valence-electron chi connectivity index (χ0n) is 11.9. The Kier molecular flexibility index (Phi) is 6.81. The molecule has 0 aliphatic rings. The maximum atomic E-state index is 9.45. The Morgan fingerprint density at radius 3 is 2.67 bits per heavy atom. The molecule has 0 heterocycles. The van der Waals surface area contributed by atoms with E-state index in [9.17, 15) is 5.11 Å². The van der Waals surface area contributed by atoms with Crippen LogP contribution in [0.15, 0.2) is 24.3 Å². The van der Waals surface area contributed by atoms with E-state index >= 15 is 0 Å². The van der Waals surface area contributed by atoms with E-state index in [2.05, 4.69) is 32.2 Å². The molecule has 2 N–H and O–H groups in total. The van der Waals surface area contributed by atoms with Crippen molar-refractivity contribution >= 4 is 0 Å². The summed E-state index contributed by atoms with van der Waals surface area (Å²) in [4.78, 5) is 0. The minimum absolute atomic E-state index is 0.370. The van der Waals surface area contributed by atoms with E-state index in [0.29, 0.717) is 11.8 Å². The van der Waals surface area contributed by atoms with E-state index in [1.165, 1.54) is 18.4 Å². The predicted molar refractivity (Wildman–Crippen MR) is 78.0 cm³/mol. The summed E-state index contributed by atoms with van der Waals surface area (Å²) < 4.78 is 0. The summed E-state index contributed by atoms with van der Waals surface area (Å²) in [5.74, 6) is 1.10. The van der Waals surface area contributed by atoms with Crippen LogP contribution in [-0.4, -0.2) is 17.7 Å².